The molecule has 3 N–H and O–H groups in total. The van der Waals surface area contributed by atoms with Gasteiger partial charge in [0.2, 0.25) is 5.91 Å². The number of carbonyl (C=O) groups is 2. The first-order valence-corrected chi connectivity index (χ1v) is 9.46. The van der Waals surface area contributed by atoms with Crippen molar-refractivity contribution in [1.82, 2.24) is 0 Å². The molecule has 1 amide bonds. The summed E-state index contributed by atoms with van der Waals surface area (Å²) in [5.41, 5.74) is 6.70. The van der Waals surface area contributed by atoms with E-state index in [-0.39, 0.29) is 24.1 Å². The van der Waals surface area contributed by atoms with Crippen LogP contribution in [-0.4, -0.2) is 24.5 Å². The Balaban J connectivity index is 2.02. The van der Waals surface area contributed by atoms with Crippen LogP contribution in [0.15, 0.2) is 18.2 Å². The van der Waals surface area contributed by atoms with Crippen molar-refractivity contribution in [3.8, 4) is 0 Å². The van der Waals surface area contributed by atoms with Gasteiger partial charge in [-0.15, -0.1) is 0 Å². The van der Waals surface area contributed by atoms with E-state index < -0.39 is 23.7 Å². The topological polar surface area (TPSA) is 81.4 Å². The Hall–Kier alpha value is -1.95. The molecule has 2 rings (SSSR count). The Kier molecular flexibility index (Phi) is 7.57. The minimum absolute atomic E-state index is 0.0823. The third kappa shape index (κ3) is 5.27. The maximum Gasteiger partial charge on any atom is 0.313 e. The molecule has 0 heterocycles. The first kappa shape index (κ1) is 20.4. The van der Waals surface area contributed by atoms with Gasteiger partial charge >= 0.3 is 5.97 Å². The third-order valence-corrected chi connectivity index (χ3v) is 5.10. The summed E-state index contributed by atoms with van der Waals surface area (Å²) < 4.78 is 19.3. The van der Waals surface area contributed by atoms with Gasteiger partial charge in [0.15, 0.2) is 0 Å². The van der Waals surface area contributed by atoms with Crippen molar-refractivity contribution in [3.63, 3.8) is 0 Å². The van der Waals surface area contributed by atoms with Crippen LogP contribution >= 0.6 is 0 Å². The second-order valence-corrected chi connectivity index (χ2v) is 6.98. The number of rotatable bonds is 6. The number of hydrogen-bond donors (Lipinski definition) is 2. The number of amides is 1. The van der Waals surface area contributed by atoms with Crippen molar-refractivity contribution in [2.24, 2.45) is 11.7 Å². The predicted octanol–water partition coefficient (Wildman–Crippen LogP) is 3.73. The molecule has 5 nitrogen and oxygen atoms in total. The molecule has 1 aliphatic carbocycles. The molecule has 2 atom stereocenters. The van der Waals surface area contributed by atoms with Gasteiger partial charge in [-0.05, 0) is 50.3 Å². The summed E-state index contributed by atoms with van der Waals surface area (Å²) in [6.07, 6.45) is 6.40. The summed E-state index contributed by atoms with van der Waals surface area (Å²) in [6, 6.07) is 3.72. The normalized spacial score (nSPS) is 17.8. The number of esters is 1. The summed E-state index contributed by atoms with van der Waals surface area (Å²) in [4.78, 5) is 24.2. The SMILES string of the molecule is CCOC(=O)C(C)c1ccc(NC(=O)[C@@H](N)C2CCCCCC2)c(F)c1. The molecular weight excluding hydrogens is 335 g/mol. The standard InChI is InChI=1S/C20H29FN2O3/c1-3-26-20(25)13(2)15-10-11-17(16(21)12-15)23-19(24)18(22)14-8-6-4-5-7-9-14/h10-14,18H,3-9,22H2,1-2H3,(H,23,24)/t13?,18-/m0/s1. The molecule has 0 bridgehead atoms. The van der Waals surface area contributed by atoms with E-state index in [1.165, 1.54) is 25.0 Å². The van der Waals surface area contributed by atoms with E-state index in [1.807, 2.05) is 0 Å². The van der Waals surface area contributed by atoms with Gasteiger partial charge in [0.05, 0.1) is 24.3 Å². The quantitative estimate of drug-likeness (QED) is 0.595. The molecule has 1 unspecified atom stereocenters. The molecule has 6 heteroatoms. The molecule has 0 spiro atoms. The lowest BCUT2D eigenvalue weighted by atomic mass is 9.92. The van der Waals surface area contributed by atoms with Gasteiger partial charge in [-0.2, -0.15) is 0 Å². The van der Waals surface area contributed by atoms with Crippen molar-refractivity contribution in [3.05, 3.63) is 29.6 Å². The number of benzene rings is 1. The summed E-state index contributed by atoms with van der Waals surface area (Å²) in [7, 11) is 0. The highest BCUT2D eigenvalue weighted by Crippen LogP contribution is 2.26. The largest absolute Gasteiger partial charge is 0.466 e. The van der Waals surface area contributed by atoms with Crippen LogP contribution in [0.5, 0.6) is 0 Å². The third-order valence-electron chi connectivity index (χ3n) is 5.10. The number of halogens is 1. The minimum atomic E-state index is -0.634. The maximum absolute atomic E-state index is 14.4. The molecule has 1 fully saturated rings. The fourth-order valence-electron chi connectivity index (χ4n) is 3.41. The van der Waals surface area contributed by atoms with Crippen molar-refractivity contribution < 1.29 is 18.7 Å². The van der Waals surface area contributed by atoms with Crippen LogP contribution in [0, 0.1) is 11.7 Å². The number of carbonyl (C=O) groups excluding carboxylic acids is 2. The Bertz CT molecular complexity index is 627. The number of ether oxygens (including phenoxy) is 1. The van der Waals surface area contributed by atoms with Crippen LogP contribution in [0.1, 0.15) is 63.9 Å². The molecule has 144 valence electrons. The average Bonchev–Trinajstić information content (AvgIpc) is 2.91. The number of nitrogens with two attached hydrogens (primary N) is 1. The highest BCUT2D eigenvalue weighted by Gasteiger charge is 2.26. The monoisotopic (exact) mass is 364 g/mol. The second-order valence-electron chi connectivity index (χ2n) is 6.98. The van der Waals surface area contributed by atoms with Crippen LogP contribution in [0.25, 0.3) is 0 Å². The lowest BCUT2D eigenvalue weighted by Crippen LogP contribution is -2.42. The van der Waals surface area contributed by atoms with Crippen LogP contribution in [0.4, 0.5) is 10.1 Å². The highest BCUT2D eigenvalue weighted by molar-refractivity contribution is 5.95. The van der Waals surface area contributed by atoms with E-state index in [2.05, 4.69) is 5.32 Å². The molecule has 0 radical (unpaired) electrons. The van der Waals surface area contributed by atoms with Gasteiger partial charge in [0.25, 0.3) is 0 Å². The smallest absolute Gasteiger partial charge is 0.313 e. The molecule has 0 saturated heterocycles. The predicted molar refractivity (Wildman–Crippen MR) is 99.2 cm³/mol. The summed E-state index contributed by atoms with van der Waals surface area (Å²) in [5, 5.41) is 2.59. The Morgan fingerprint density at radius 2 is 1.92 bits per heavy atom. The molecule has 1 aromatic carbocycles. The zero-order valence-corrected chi connectivity index (χ0v) is 15.6. The molecule has 26 heavy (non-hydrogen) atoms. The van der Waals surface area contributed by atoms with E-state index in [9.17, 15) is 14.0 Å². The lowest BCUT2D eigenvalue weighted by Gasteiger charge is -2.22. The van der Waals surface area contributed by atoms with Gasteiger partial charge in [-0.25, -0.2) is 4.39 Å². The van der Waals surface area contributed by atoms with Crippen LogP contribution in [0.2, 0.25) is 0 Å². The van der Waals surface area contributed by atoms with E-state index >= 15 is 0 Å². The number of anilines is 1. The van der Waals surface area contributed by atoms with Gasteiger partial charge in [-0.1, -0.05) is 31.7 Å². The lowest BCUT2D eigenvalue weighted by molar-refractivity contribution is -0.144. The molecule has 0 aliphatic heterocycles. The molecule has 1 aliphatic rings. The van der Waals surface area contributed by atoms with Gasteiger partial charge < -0.3 is 15.8 Å². The van der Waals surface area contributed by atoms with Crippen LogP contribution in [-0.2, 0) is 14.3 Å². The second kappa shape index (κ2) is 9.67. The van der Waals surface area contributed by atoms with E-state index in [4.69, 9.17) is 10.5 Å². The Labute approximate surface area is 154 Å². The Morgan fingerprint density at radius 3 is 2.50 bits per heavy atom. The summed E-state index contributed by atoms with van der Waals surface area (Å²) in [5.74, 6) is -1.77. The first-order chi connectivity index (χ1) is 12.4. The molecule has 1 saturated carbocycles. The Morgan fingerprint density at radius 1 is 1.27 bits per heavy atom. The fourth-order valence-corrected chi connectivity index (χ4v) is 3.41. The molecular formula is C20H29FN2O3. The maximum atomic E-state index is 14.4. The van der Waals surface area contributed by atoms with Crippen molar-refractivity contribution in [2.75, 3.05) is 11.9 Å². The average molecular weight is 364 g/mol. The van der Waals surface area contributed by atoms with E-state index in [0.717, 1.165) is 25.7 Å². The van der Waals surface area contributed by atoms with Crippen LogP contribution in [0.3, 0.4) is 0 Å². The van der Waals surface area contributed by atoms with Crippen LogP contribution < -0.4 is 11.1 Å². The number of nitrogens with one attached hydrogen (secondary N) is 1. The summed E-state index contributed by atoms with van der Waals surface area (Å²) >= 11 is 0. The summed E-state index contributed by atoms with van der Waals surface area (Å²) in [6.45, 7) is 3.66. The highest BCUT2D eigenvalue weighted by atomic mass is 19.1. The van der Waals surface area contributed by atoms with E-state index in [1.54, 1.807) is 19.9 Å². The van der Waals surface area contributed by atoms with Gasteiger partial charge in [0.1, 0.15) is 5.82 Å². The van der Waals surface area contributed by atoms with Gasteiger partial charge in [-0.3, -0.25) is 9.59 Å². The fraction of sp³-hybridized carbons (Fsp3) is 0.600. The van der Waals surface area contributed by atoms with E-state index in [0.29, 0.717) is 5.56 Å². The zero-order valence-electron chi connectivity index (χ0n) is 15.6. The van der Waals surface area contributed by atoms with Gasteiger partial charge in [0, 0.05) is 0 Å². The first-order valence-electron chi connectivity index (χ1n) is 9.46. The van der Waals surface area contributed by atoms with Crippen molar-refractivity contribution in [1.29, 1.82) is 0 Å². The van der Waals surface area contributed by atoms with Crippen molar-refractivity contribution >= 4 is 17.6 Å². The van der Waals surface area contributed by atoms with Crippen molar-refractivity contribution in [2.45, 2.75) is 64.3 Å². The molecule has 0 aromatic heterocycles. The minimum Gasteiger partial charge on any atom is -0.466 e. The zero-order chi connectivity index (χ0) is 19.1. The molecule has 1 aromatic rings. The number of hydrogen-bond acceptors (Lipinski definition) is 4.